The van der Waals surface area contributed by atoms with Crippen LogP contribution in [0.15, 0.2) is 0 Å². The molecule has 0 amide bonds. The van der Waals surface area contributed by atoms with Crippen molar-refractivity contribution in [2.75, 3.05) is 6.61 Å². The second-order valence-electron chi connectivity index (χ2n) is 4.43. The van der Waals surface area contributed by atoms with Crippen LogP contribution in [-0.2, 0) is 4.74 Å². The van der Waals surface area contributed by atoms with Gasteiger partial charge in [-0.25, -0.2) is 0 Å². The van der Waals surface area contributed by atoms with Crippen LogP contribution in [0.4, 0.5) is 0 Å². The number of hydrogen-bond acceptors (Lipinski definition) is 2. The molecule has 0 aromatic rings. The third-order valence-corrected chi connectivity index (χ3v) is 2.52. The normalized spacial score (nSPS) is 36.2. The molecule has 0 spiro atoms. The van der Waals surface area contributed by atoms with Crippen LogP contribution in [0.3, 0.4) is 0 Å². The summed E-state index contributed by atoms with van der Waals surface area (Å²) in [5.41, 5.74) is -0.524. The van der Waals surface area contributed by atoms with E-state index in [-0.39, 0.29) is 6.10 Å². The van der Waals surface area contributed by atoms with Crippen molar-refractivity contribution in [3.05, 3.63) is 0 Å². The average molecular weight is 172 g/mol. The summed E-state index contributed by atoms with van der Waals surface area (Å²) < 4.78 is 5.43. The van der Waals surface area contributed by atoms with Gasteiger partial charge in [-0.3, -0.25) is 0 Å². The van der Waals surface area contributed by atoms with E-state index in [1.54, 1.807) is 0 Å². The summed E-state index contributed by atoms with van der Waals surface area (Å²) >= 11 is 0. The Kier molecular flexibility index (Phi) is 3.13. The molecule has 0 heterocycles. The van der Waals surface area contributed by atoms with Gasteiger partial charge >= 0.3 is 0 Å². The van der Waals surface area contributed by atoms with Crippen LogP contribution in [0.5, 0.6) is 0 Å². The van der Waals surface area contributed by atoms with Crippen molar-refractivity contribution >= 4 is 0 Å². The molecule has 0 aliphatic heterocycles. The molecule has 0 saturated heterocycles. The number of aliphatic hydroxyl groups is 1. The summed E-state index contributed by atoms with van der Waals surface area (Å²) in [6.45, 7) is 6.70. The molecular weight excluding hydrogens is 152 g/mol. The van der Waals surface area contributed by atoms with Gasteiger partial charge in [0.1, 0.15) is 0 Å². The lowest BCUT2D eigenvalue weighted by molar-refractivity contribution is -0.0618. The third kappa shape index (κ3) is 2.76. The maximum absolute atomic E-state index is 9.99. The fourth-order valence-corrected chi connectivity index (χ4v) is 1.82. The van der Waals surface area contributed by atoms with Gasteiger partial charge in [0.2, 0.25) is 0 Å². The van der Waals surface area contributed by atoms with Gasteiger partial charge in [-0.05, 0) is 39.0 Å². The SMILES string of the molecule is CC1CCC(O)(COC(C)C)C1. The zero-order valence-electron chi connectivity index (χ0n) is 8.34. The third-order valence-electron chi connectivity index (χ3n) is 2.52. The highest BCUT2D eigenvalue weighted by Gasteiger charge is 2.35. The minimum atomic E-state index is -0.524. The molecule has 0 radical (unpaired) electrons. The Bertz CT molecular complexity index is 145. The highest BCUT2D eigenvalue weighted by molar-refractivity contribution is 4.87. The molecule has 1 fully saturated rings. The van der Waals surface area contributed by atoms with E-state index in [0.717, 1.165) is 19.3 Å². The molecule has 2 heteroatoms. The molecule has 1 N–H and O–H groups in total. The van der Waals surface area contributed by atoms with Gasteiger partial charge < -0.3 is 9.84 Å². The van der Waals surface area contributed by atoms with Crippen LogP contribution in [0.1, 0.15) is 40.0 Å². The first-order chi connectivity index (χ1) is 5.52. The Labute approximate surface area is 74.9 Å². The predicted molar refractivity (Wildman–Crippen MR) is 49.1 cm³/mol. The molecule has 1 aliphatic carbocycles. The lowest BCUT2D eigenvalue weighted by Crippen LogP contribution is -2.32. The summed E-state index contributed by atoms with van der Waals surface area (Å²) in [5, 5.41) is 9.99. The number of hydrogen-bond donors (Lipinski definition) is 1. The Morgan fingerprint density at radius 2 is 2.25 bits per heavy atom. The van der Waals surface area contributed by atoms with Gasteiger partial charge in [-0.1, -0.05) is 6.92 Å². The molecule has 2 atom stereocenters. The summed E-state index contributed by atoms with van der Waals surface area (Å²) in [6.07, 6.45) is 3.17. The van der Waals surface area contributed by atoms with Crippen molar-refractivity contribution in [2.24, 2.45) is 5.92 Å². The van der Waals surface area contributed by atoms with Crippen LogP contribution >= 0.6 is 0 Å². The van der Waals surface area contributed by atoms with Crippen molar-refractivity contribution < 1.29 is 9.84 Å². The van der Waals surface area contributed by atoms with Gasteiger partial charge in [-0.15, -0.1) is 0 Å². The van der Waals surface area contributed by atoms with E-state index in [1.807, 2.05) is 13.8 Å². The first-order valence-corrected chi connectivity index (χ1v) is 4.86. The van der Waals surface area contributed by atoms with Gasteiger partial charge in [-0.2, -0.15) is 0 Å². The van der Waals surface area contributed by atoms with Crippen molar-refractivity contribution in [1.82, 2.24) is 0 Å². The molecule has 1 saturated carbocycles. The Balaban J connectivity index is 2.30. The zero-order valence-corrected chi connectivity index (χ0v) is 8.34. The number of rotatable bonds is 3. The quantitative estimate of drug-likeness (QED) is 0.705. The van der Waals surface area contributed by atoms with E-state index in [9.17, 15) is 5.11 Å². The van der Waals surface area contributed by atoms with Crippen molar-refractivity contribution in [3.63, 3.8) is 0 Å². The van der Waals surface area contributed by atoms with Gasteiger partial charge in [0.25, 0.3) is 0 Å². The lowest BCUT2D eigenvalue weighted by atomic mass is 10.0. The molecular formula is C10H20O2. The van der Waals surface area contributed by atoms with Crippen LogP contribution in [0.25, 0.3) is 0 Å². The van der Waals surface area contributed by atoms with E-state index in [4.69, 9.17) is 4.74 Å². The second-order valence-corrected chi connectivity index (χ2v) is 4.43. The van der Waals surface area contributed by atoms with E-state index < -0.39 is 5.60 Å². The van der Waals surface area contributed by atoms with Crippen LogP contribution in [0, 0.1) is 5.92 Å². The molecule has 2 unspecified atom stereocenters. The Morgan fingerprint density at radius 1 is 1.58 bits per heavy atom. The fraction of sp³-hybridized carbons (Fsp3) is 1.00. The topological polar surface area (TPSA) is 29.5 Å². The fourth-order valence-electron chi connectivity index (χ4n) is 1.82. The summed E-state index contributed by atoms with van der Waals surface area (Å²) in [6, 6.07) is 0. The van der Waals surface area contributed by atoms with E-state index in [1.165, 1.54) is 0 Å². The molecule has 12 heavy (non-hydrogen) atoms. The van der Waals surface area contributed by atoms with Crippen molar-refractivity contribution in [1.29, 1.82) is 0 Å². The Hall–Kier alpha value is -0.0800. The Morgan fingerprint density at radius 3 is 2.67 bits per heavy atom. The molecule has 2 nitrogen and oxygen atoms in total. The second kappa shape index (κ2) is 3.75. The van der Waals surface area contributed by atoms with Crippen LogP contribution < -0.4 is 0 Å². The van der Waals surface area contributed by atoms with Crippen molar-refractivity contribution in [2.45, 2.75) is 51.7 Å². The molecule has 0 aromatic heterocycles. The highest BCUT2D eigenvalue weighted by atomic mass is 16.5. The summed E-state index contributed by atoms with van der Waals surface area (Å²) in [5.74, 6) is 0.658. The van der Waals surface area contributed by atoms with Gasteiger partial charge in [0, 0.05) is 0 Å². The first-order valence-electron chi connectivity index (χ1n) is 4.86. The van der Waals surface area contributed by atoms with E-state index >= 15 is 0 Å². The highest BCUT2D eigenvalue weighted by Crippen LogP contribution is 2.34. The molecule has 0 aromatic carbocycles. The molecule has 0 bridgehead atoms. The average Bonchev–Trinajstić information content (AvgIpc) is 2.29. The monoisotopic (exact) mass is 172 g/mol. The van der Waals surface area contributed by atoms with Gasteiger partial charge in [0.15, 0.2) is 0 Å². The minimum Gasteiger partial charge on any atom is -0.387 e. The minimum absolute atomic E-state index is 0.227. The maximum Gasteiger partial charge on any atom is 0.0882 e. The molecule has 1 aliphatic rings. The largest absolute Gasteiger partial charge is 0.387 e. The lowest BCUT2D eigenvalue weighted by Gasteiger charge is -2.23. The van der Waals surface area contributed by atoms with E-state index in [2.05, 4.69) is 6.92 Å². The predicted octanol–water partition coefficient (Wildman–Crippen LogP) is 1.96. The summed E-state index contributed by atoms with van der Waals surface area (Å²) in [7, 11) is 0. The molecule has 1 rings (SSSR count). The van der Waals surface area contributed by atoms with Crippen molar-refractivity contribution in [3.8, 4) is 0 Å². The zero-order chi connectivity index (χ0) is 9.19. The van der Waals surface area contributed by atoms with Crippen LogP contribution in [0.2, 0.25) is 0 Å². The van der Waals surface area contributed by atoms with E-state index in [0.29, 0.717) is 12.5 Å². The van der Waals surface area contributed by atoms with Crippen LogP contribution in [-0.4, -0.2) is 23.4 Å². The van der Waals surface area contributed by atoms with Gasteiger partial charge in [0.05, 0.1) is 18.3 Å². The standard InChI is InChI=1S/C10H20O2/c1-8(2)12-7-10(11)5-4-9(3)6-10/h8-9,11H,4-7H2,1-3H3. The molecule has 72 valence electrons. The summed E-state index contributed by atoms with van der Waals surface area (Å²) in [4.78, 5) is 0. The first kappa shape index (κ1) is 10.0. The maximum atomic E-state index is 9.99. The number of ether oxygens (including phenoxy) is 1. The smallest absolute Gasteiger partial charge is 0.0882 e.